The molecular formula is C25H36N2O4. The van der Waals surface area contributed by atoms with Gasteiger partial charge in [-0.2, -0.15) is 0 Å². The Morgan fingerprint density at radius 1 is 1.03 bits per heavy atom. The summed E-state index contributed by atoms with van der Waals surface area (Å²) < 4.78 is 16.8. The fourth-order valence-electron chi connectivity index (χ4n) is 3.54. The highest BCUT2D eigenvalue weighted by atomic mass is 16.5. The van der Waals surface area contributed by atoms with Crippen molar-refractivity contribution in [1.29, 1.82) is 0 Å². The van der Waals surface area contributed by atoms with Gasteiger partial charge in [0.05, 0.1) is 19.3 Å². The predicted molar refractivity (Wildman–Crippen MR) is 123 cm³/mol. The van der Waals surface area contributed by atoms with Crippen molar-refractivity contribution in [2.45, 2.75) is 39.0 Å². The molecule has 1 atom stereocenters. The summed E-state index contributed by atoms with van der Waals surface area (Å²) in [5.41, 5.74) is 2.45. The van der Waals surface area contributed by atoms with Crippen molar-refractivity contribution in [3.8, 4) is 11.5 Å². The Kier molecular flexibility index (Phi) is 9.62. The molecule has 1 aliphatic rings. The molecule has 0 bridgehead atoms. The maximum atomic E-state index is 10.2. The minimum Gasteiger partial charge on any atom is -0.491 e. The first-order valence-electron chi connectivity index (χ1n) is 11.2. The van der Waals surface area contributed by atoms with Crippen LogP contribution >= 0.6 is 0 Å². The molecule has 0 spiro atoms. The van der Waals surface area contributed by atoms with Gasteiger partial charge < -0.3 is 24.6 Å². The summed E-state index contributed by atoms with van der Waals surface area (Å²) in [5.74, 6) is 1.71. The number of ether oxygens (including phenoxy) is 3. The summed E-state index contributed by atoms with van der Waals surface area (Å²) in [5, 5.41) is 13.7. The summed E-state index contributed by atoms with van der Waals surface area (Å²) in [7, 11) is 0. The van der Waals surface area contributed by atoms with Crippen LogP contribution in [0.3, 0.4) is 0 Å². The van der Waals surface area contributed by atoms with Crippen molar-refractivity contribution in [3.05, 3.63) is 59.7 Å². The molecule has 1 saturated heterocycles. The van der Waals surface area contributed by atoms with E-state index < -0.39 is 6.10 Å². The number of rotatable bonds is 12. The summed E-state index contributed by atoms with van der Waals surface area (Å²) in [6.45, 7) is 9.87. The molecule has 0 amide bonds. The molecule has 1 fully saturated rings. The van der Waals surface area contributed by atoms with E-state index in [1.165, 1.54) is 11.1 Å². The third-order valence-corrected chi connectivity index (χ3v) is 5.13. The highest BCUT2D eigenvalue weighted by Crippen LogP contribution is 2.15. The molecule has 31 heavy (non-hydrogen) atoms. The average molecular weight is 429 g/mol. The Hall–Kier alpha value is -2.12. The van der Waals surface area contributed by atoms with Crippen molar-refractivity contribution in [2.24, 2.45) is 0 Å². The molecule has 0 saturated carbocycles. The SMILES string of the molecule is CC(C)Oc1ccc(CCNCc2cccc(OC[C@H](O)CN3CCOCC3)c2)cc1. The summed E-state index contributed by atoms with van der Waals surface area (Å²) in [4.78, 5) is 2.21. The molecule has 3 rings (SSSR count). The predicted octanol–water partition coefficient (Wildman–Crippen LogP) is 2.88. The van der Waals surface area contributed by atoms with Crippen molar-refractivity contribution < 1.29 is 19.3 Å². The van der Waals surface area contributed by atoms with Crippen molar-refractivity contribution in [1.82, 2.24) is 10.2 Å². The van der Waals surface area contributed by atoms with E-state index in [1.54, 1.807) is 0 Å². The van der Waals surface area contributed by atoms with Crippen LogP contribution in [0.1, 0.15) is 25.0 Å². The van der Waals surface area contributed by atoms with E-state index in [2.05, 4.69) is 28.4 Å². The Morgan fingerprint density at radius 2 is 1.81 bits per heavy atom. The Morgan fingerprint density at radius 3 is 2.55 bits per heavy atom. The average Bonchev–Trinajstić information content (AvgIpc) is 2.77. The van der Waals surface area contributed by atoms with Gasteiger partial charge in [-0.05, 0) is 62.2 Å². The molecule has 2 aromatic carbocycles. The van der Waals surface area contributed by atoms with Gasteiger partial charge in [-0.1, -0.05) is 24.3 Å². The van der Waals surface area contributed by atoms with Crippen molar-refractivity contribution in [2.75, 3.05) is 46.0 Å². The Balaban J connectivity index is 1.35. The minimum atomic E-state index is -0.503. The van der Waals surface area contributed by atoms with Crippen LogP contribution in [-0.2, 0) is 17.7 Å². The van der Waals surface area contributed by atoms with Crippen LogP contribution < -0.4 is 14.8 Å². The Bertz CT molecular complexity index is 760. The topological polar surface area (TPSA) is 63.2 Å². The second-order valence-corrected chi connectivity index (χ2v) is 8.26. The number of β-amino-alcohol motifs (C(OH)–C–C–N with tert-alkyl or cyclic N) is 1. The summed E-state index contributed by atoms with van der Waals surface area (Å²) in [6.07, 6.45) is 0.656. The number of hydrogen-bond donors (Lipinski definition) is 2. The van der Waals surface area contributed by atoms with Gasteiger partial charge in [0.2, 0.25) is 0 Å². The minimum absolute atomic E-state index is 0.195. The van der Waals surface area contributed by atoms with Crippen molar-refractivity contribution >= 4 is 0 Å². The van der Waals surface area contributed by atoms with Crippen LogP contribution in [0, 0.1) is 0 Å². The van der Waals surface area contributed by atoms with Crippen LogP contribution in [0.2, 0.25) is 0 Å². The smallest absolute Gasteiger partial charge is 0.119 e. The first-order valence-corrected chi connectivity index (χ1v) is 11.2. The van der Waals surface area contributed by atoms with E-state index in [9.17, 15) is 5.11 Å². The summed E-state index contributed by atoms with van der Waals surface area (Å²) >= 11 is 0. The van der Waals surface area contributed by atoms with Gasteiger partial charge in [-0.3, -0.25) is 4.90 Å². The molecule has 0 radical (unpaired) electrons. The van der Waals surface area contributed by atoms with Gasteiger partial charge in [-0.25, -0.2) is 0 Å². The number of nitrogens with zero attached hydrogens (tertiary/aromatic N) is 1. The van der Waals surface area contributed by atoms with E-state index in [4.69, 9.17) is 14.2 Å². The molecule has 1 heterocycles. The fourth-order valence-corrected chi connectivity index (χ4v) is 3.54. The zero-order chi connectivity index (χ0) is 21.9. The second-order valence-electron chi connectivity index (χ2n) is 8.26. The van der Waals surface area contributed by atoms with Crippen LogP contribution in [0.4, 0.5) is 0 Å². The molecule has 1 aliphatic heterocycles. The Labute approximate surface area is 186 Å². The van der Waals surface area contributed by atoms with E-state index in [0.29, 0.717) is 13.2 Å². The number of hydrogen-bond acceptors (Lipinski definition) is 6. The van der Waals surface area contributed by atoms with E-state index in [1.807, 2.05) is 44.2 Å². The first-order chi connectivity index (χ1) is 15.1. The molecule has 170 valence electrons. The van der Waals surface area contributed by atoms with Gasteiger partial charge in [0.15, 0.2) is 0 Å². The number of aliphatic hydroxyl groups is 1. The fraction of sp³-hybridized carbons (Fsp3) is 0.520. The van der Waals surface area contributed by atoms with Crippen LogP contribution in [0.5, 0.6) is 11.5 Å². The lowest BCUT2D eigenvalue weighted by molar-refractivity contribution is 0.00465. The quantitative estimate of drug-likeness (QED) is 0.507. The zero-order valence-electron chi connectivity index (χ0n) is 18.8. The maximum absolute atomic E-state index is 10.2. The molecular weight excluding hydrogens is 392 g/mol. The molecule has 2 aromatic rings. The standard InChI is InChI=1S/C25H36N2O4/c1-20(2)31-24-8-6-21(7-9-24)10-11-26-17-22-4-3-5-25(16-22)30-19-23(28)18-27-12-14-29-15-13-27/h3-9,16,20,23,26,28H,10-15,17-19H2,1-2H3/t23-/m1/s1. The normalized spacial score (nSPS) is 15.7. The van der Waals surface area contributed by atoms with E-state index in [-0.39, 0.29) is 6.10 Å². The van der Waals surface area contributed by atoms with Crippen LogP contribution in [-0.4, -0.2) is 68.2 Å². The van der Waals surface area contributed by atoms with Gasteiger partial charge in [-0.15, -0.1) is 0 Å². The van der Waals surface area contributed by atoms with Gasteiger partial charge in [0.1, 0.15) is 24.2 Å². The molecule has 0 aliphatic carbocycles. The van der Waals surface area contributed by atoms with Crippen LogP contribution in [0.15, 0.2) is 48.5 Å². The number of benzene rings is 2. The lowest BCUT2D eigenvalue weighted by Crippen LogP contribution is -2.42. The maximum Gasteiger partial charge on any atom is 0.119 e. The lowest BCUT2D eigenvalue weighted by Gasteiger charge is -2.28. The number of morpholine rings is 1. The van der Waals surface area contributed by atoms with E-state index >= 15 is 0 Å². The van der Waals surface area contributed by atoms with E-state index in [0.717, 1.165) is 57.3 Å². The molecule has 0 unspecified atom stereocenters. The van der Waals surface area contributed by atoms with Crippen molar-refractivity contribution in [3.63, 3.8) is 0 Å². The largest absolute Gasteiger partial charge is 0.491 e. The third-order valence-electron chi connectivity index (χ3n) is 5.13. The number of aliphatic hydroxyl groups excluding tert-OH is 1. The van der Waals surface area contributed by atoms with Gasteiger partial charge in [0.25, 0.3) is 0 Å². The number of nitrogens with one attached hydrogen (secondary N) is 1. The monoisotopic (exact) mass is 428 g/mol. The molecule has 0 aromatic heterocycles. The highest BCUT2D eigenvalue weighted by molar-refractivity contribution is 5.29. The highest BCUT2D eigenvalue weighted by Gasteiger charge is 2.15. The first kappa shape index (κ1) is 23.5. The second kappa shape index (κ2) is 12.7. The van der Waals surface area contributed by atoms with Crippen LogP contribution in [0.25, 0.3) is 0 Å². The zero-order valence-corrected chi connectivity index (χ0v) is 18.8. The summed E-state index contributed by atoms with van der Waals surface area (Å²) in [6, 6.07) is 16.4. The third kappa shape index (κ3) is 8.87. The van der Waals surface area contributed by atoms with Gasteiger partial charge in [0, 0.05) is 26.2 Å². The molecule has 6 heteroatoms. The lowest BCUT2D eigenvalue weighted by atomic mass is 10.1. The van der Waals surface area contributed by atoms with Gasteiger partial charge >= 0.3 is 0 Å². The molecule has 2 N–H and O–H groups in total. The molecule has 6 nitrogen and oxygen atoms in total.